The Morgan fingerprint density at radius 3 is 1.80 bits per heavy atom. The second-order valence-electron chi connectivity index (χ2n) is 8.29. The Morgan fingerprint density at radius 2 is 1.20 bits per heavy atom. The number of hydrogen-bond donors (Lipinski definition) is 2. The van der Waals surface area contributed by atoms with Gasteiger partial charge in [-0.1, -0.05) is 74.5 Å². The molecular weight excluding hydrogens is 398 g/mol. The van der Waals surface area contributed by atoms with Crippen molar-refractivity contribution >= 4 is 81.8 Å². The fourth-order valence-electron chi connectivity index (χ4n) is 6.04. The van der Waals surface area contributed by atoms with Crippen molar-refractivity contribution in [1.82, 2.24) is 0 Å². The molecule has 2 bridgehead atoms. The van der Waals surface area contributed by atoms with E-state index in [-0.39, 0.29) is 59.1 Å². The summed E-state index contributed by atoms with van der Waals surface area (Å²) in [6, 6.07) is 19.7. The van der Waals surface area contributed by atoms with Crippen molar-refractivity contribution in [2.24, 2.45) is 11.8 Å². The van der Waals surface area contributed by atoms with Gasteiger partial charge in [-0.15, -0.1) is 0 Å². The molecule has 0 saturated carbocycles. The van der Waals surface area contributed by atoms with Crippen LogP contribution in [0.4, 0.5) is 0 Å². The molecule has 4 atom stereocenters. The monoisotopic (exact) mass is 418 g/mol. The quantitative estimate of drug-likeness (QED) is 0.626. The van der Waals surface area contributed by atoms with Crippen LogP contribution in [0.25, 0.3) is 10.8 Å². The van der Waals surface area contributed by atoms with Crippen molar-refractivity contribution in [3.05, 3.63) is 82.9 Å². The van der Waals surface area contributed by atoms with Gasteiger partial charge in [0, 0.05) is 69.9 Å². The van der Waals surface area contributed by atoms with E-state index in [1.165, 1.54) is 0 Å². The van der Waals surface area contributed by atoms with Crippen molar-refractivity contribution in [3.8, 4) is 0 Å². The molecule has 2 N–H and O–H groups in total. The molecule has 3 aliphatic carbocycles. The first-order valence-electron chi connectivity index (χ1n) is 9.41. The minimum Gasteiger partial charge on any atom is -0.481 e. The van der Waals surface area contributed by atoms with Gasteiger partial charge in [-0.05, 0) is 33.0 Å². The molecule has 0 spiro atoms. The molecule has 0 amide bonds. The Hall–Kier alpha value is -1.14. The largest absolute Gasteiger partial charge is 0.481 e. The van der Waals surface area contributed by atoms with Gasteiger partial charge in [0.25, 0.3) is 0 Å². The van der Waals surface area contributed by atoms with Crippen LogP contribution in [0.15, 0.2) is 60.7 Å². The molecule has 3 aliphatic rings. The number of carboxylic acids is 2. The average Bonchev–Trinajstić information content (AvgIpc) is 2.68. The van der Waals surface area contributed by atoms with E-state index in [1.54, 1.807) is 0 Å². The normalized spacial score (nSPS) is 27.9. The maximum Gasteiger partial charge on any atom is 0.308 e. The maximum atomic E-state index is 12.5. The topological polar surface area (TPSA) is 74.6 Å². The van der Waals surface area contributed by atoms with Gasteiger partial charge in [0.05, 0.1) is 11.8 Å². The molecule has 4 nitrogen and oxygen atoms in total. The van der Waals surface area contributed by atoms with Crippen LogP contribution in [0.1, 0.15) is 36.1 Å². The third-order valence-electron chi connectivity index (χ3n) is 7.16. The minimum absolute atomic E-state index is 0. The Bertz CT molecular complexity index is 1190. The zero-order chi connectivity index (χ0) is 19.8. The summed E-state index contributed by atoms with van der Waals surface area (Å²) in [5, 5.41) is 22.4. The number of fused-ring (bicyclic) bond motifs is 2. The van der Waals surface area contributed by atoms with E-state index in [2.05, 4.69) is 0 Å². The van der Waals surface area contributed by atoms with Gasteiger partial charge in [0.15, 0.2) is 0 Å². The zero-order valence-electron chi connectivity index (χ0n) is 17.6. The van der Waals surface area contributed by atoms with Gasteiger partial charge >= 0.3 is 11.9 Å². The predicted octanol–water partition coefficient (Wildman–Crippen LogP) is 3.42. The van der Waals surface area contributed by atoms with Gasteiger partial charge < -0.3 is 10.2 Å². The first kappa shape index (κ1) is 23.5. The van der Waals surface area contributed by atoms with E-state index in [4.69, 9.17) is 0 Å². The van der Waals surface area contributed by atoms with Crippen molar-refractivity contribution in [2.45, 2.75) is 24.7 Å². The second-order valence-corrected chi connectivity index (χ2v) is 8.29. The van der Waals surface area contributed by atoms with Crippen molar-refractivity contribution < 1.29 is 19.8 Å². The fraction of sp³-hybridized carbons (Fsp3) is 0.250. The number of hydrogen-bond acceptors (Lipinski definition) is 2. The summed E-state index contributed by atoms with van der Waals surface area (Å²) in [7, 11) is 0. The SMILES string of the molecule is CC12c3ccccc3C(C)(c3c1ccc1ccccc31)C(C(=O)O)C2C(=O)O.[Na].[Na]. The molecule has 3 aromatic rings. The molecule has 0 aromatic heterocycles. The zero-order valence-corrected chi connectivity index (χ0v) is 21.6. The summed E-state index contributed by atoms with van der Waals surface area (Å²) in [5.41, 5.74) is 1.88. The van der Waals surface area contributed by atoms with Gasteiger partial charge in [0.2, 0.25) is 0 Å². The Morgan fingerprint density at radius 1 is 0.700 bits per heavy atom. The van der Waals surface area contributed by atoms with Crippen LogP contribution in [0.3, 0.4) is 0 Å². The van der Waals surface area contributed by atoms with Gasteiger partial charge in [-0.25, -0.2) is 0 Å². The first-order valence-corrected chi connectivity index (χ1v) is 9.41. The molecule has 0 aliphatic heterocycles. The van der Waals surface area contributed by atoms with Crippen molar-refractivity contribution in [1.29, 1.82) is 0 Å². The summed E-state index contributed by atoms with van der Waals surface area (Å²) in [6.07, 6.45) is 0. The molecule has 2 radical (unpaired) electrons. The maximum absolute atomic E-state index is 12.5. The molecule has 0 heterocycles. The smallest absolute Gasteiger partial charge is 0.308 e. The Kier molecular flexibility index (Phi) is 6.09. The van der Waals surface area contributed by atoms with Crippen molar-refractivity contribution in [3.63, 3.8) is 0 Å². The van der Waals surface area contributed by atoms with Crippen LogP contribution in [-0.2, 0) is 20.4 Å². The second kappa shape index (κ2) is 7.77. The minimum atomic E-state index is -1.06. The van der Waals surface area contributed by atoms with Crippen molar-refractivity contribution in [2.75, 3.05) is 0 Å². The van der Waals surface area contributed by atoms with Crippen LogP contribution >= 0.6 is 0 Å². The first-order chi connectivity index (χ1) is 13.3. The van der Waals surface area contributed by atoms with Gasteiger partial charge in [-0.3, -0.25) is 9.59 Å². The van der Waals surface area contributed by atoms with Crippen LogP contribution in [0.5, 0.6) is 0 Å². The van der Waals surface area contributed by atoms with Gasteiger partial charge in [-0.2, -0.15) is 0 Å². The molecule has 0 fully saturated rings. The van der Waals surface area contributed by atoms with E-state index in [9.17, 15) is 19.8 Å². The number of carbonyl (C=O) groups is 2. The molecule has 3 aromatic carbocycles. The van der Waals surface area contributed by atoms with E-state index >= 15 is 0 Å². The molecular formula is C24H20Na2O4. The molecule has 30 heavy (non-hydrogen) atoms. The van der Waals surface area contributed by atoms with Crippen LogP contribution in [0.2, 0.25) is 0 Å². The molecule has 4 unspecified atom stereocenters. The molecule has 0 saturated heterocycles. The number of aliphatic carboxylic acids is 2. The van der Waals surface area contributed by atoms with Crippen LogP contribution in [-0.4, -0.2) is 81.3 Å². The third kappa shape index (κ3) is 2.68. The van der Waals surface area contributed by atoms with E-state index in [0.717, 1.165) is 33.0 Å². The number of rotatable bonds is 2. The van der Waals surface area contributed by atoms with E-state index in [0.29, 0.717) is 0 Å². The Labute approximate surface area is 219 Å². The van der Waals surface area contributed by atoms with E-state index in [1.807, 2.05) is 74.5 Å². The third-order valence-corrected chi connectivity index (χ3v) is 7.16. The Balaban J connectivity index is 0.00000128. The summed E-state index contributed by atoms with van der Waals surface area (Å²) < 4.78 is 0. The average molecular weight is 418 g/mol. The molecule has 6 heteroatoms. The van der Waals surface area contributed by atoms with E-state index < -0.39 is 34.6 Å². The number of carboxylic acid groups (broad SMARTS) is 2. The predicted molar refractivity (Wildman–Crippen MR) is 117 cm³/mol. The van der Waals surface area contributed by atoms with Gasteiger partial charge in [0.1, 0.15) is 0 Å². The number of benzene rings is 3. The van der Waals surface area contributed by atoms with Crippen LogP contribution < -0.4 is 0 Å². The fourth-order valence-corrected chi connectivity index (χ4v) is 6.04. The molecule has 142 valence electrons. The van der Waals surface area contributed by atoms with Crippen LogP contribution in [0, 0.1) is 11.8 Å². The summed E-state index contributed by atoms with van der Waals surface area (Å²) >= 11 is 0. The standard InChI is InChI=1S/C24H20O4.2Na/c1-23-15-9-5-6-10-16(15)24(2,20(22(27)28)19(23)21(25)26)18-14-8-4-3-7-13(14)11-12-17(18)23;;/h3-12,19-20H,1-2H3,(H,25,26)(H,27,28);;. The summed E-state index contributed by atoms with van der Waals surface area (Å²) in [6.45, 7) is 3.80. The molecule has 6 rings (SSSR count). The summed E-state index contributed by atoms with van der Waals surface area (Å²) in [4.78, 5) is 24.9. The summed E-state index contributed by atoms with van der Waals surface area (Å²) in [5.74, 6) is -4.22.